The lowest BCUT2D eigenvalue weighted by molar-refractivity contribution is 0.0985. The minimum Gasteiger partial charge on any atom is -0.457 e. The SMILES string of the molecule is CN(C)CCN(C(=O)c1ccc(Oc2ccccc2)cc1)c1nc2cc3c(cc2s1)OCO3.Cl. The van der Waals surface area contributed by atoms with Crippen LogP contribution in [0, 0.1) is 0 Å². The molecule has 3 aromatic carbocycles. The van der Waals surface area contributed by atoms with Gasteiger partial charge in [-0.05, 0) is 50.5 Å². The van der Waals surface area contributed by atoms with Crippen LogP contribution in [0.1, 0.15) is 10.4 Å². The van der Waals surface area contributed by atoms with E-state index in [4.69, 9.17) is 19.2 Å². The van der Waals surface area contributed by atoms with Crippen LogP contribution < -0.4 is 19.1 Å². The maximum atomic E-state index is 13.5. The van der Waals surface area contributed by atoms with Crippen molar-refractivity contribution in [2.75, 3.05) is 38.9 Å². The second kappa shape index (κ2) is 10.3. The van der Waals surface area contributed by atoms with Crippen molar-refractivity contribution in [3.8, 4) is 23.0 Å². The Morgan fingerprint density at radius 2 is 1.65 bits per heavy atom. The standard InChI is InChI=1S/C25H23N3O4S.ClH/c1-27(2)12-13-28(25-26-20-14-21-22(31-16-30-21)15-23(20)33-25)24(29)17-8-10-19(11-9-17)32-18-6-4-3-5-7-18;/h3-11,14-15H,12-13,16H2,1-2H3;1H. The van der Waals surface area contributed by atoms with Gasteiger partial charge in [-0.3, -0.25) is 9.69 Å². The molecule has 0 fully saturated rings. The zero-order valence-corrected chi connectivity index (χ0v) is 20.4. The zero-order valence-electron chi connectivity index (χ0n) is 18.8. The number of halogens is 1. The van der Waals surface area contributed by atoms with Crippen molar-refractivity contribution < 1.29 is 19.0 Å². The number of thiazole rings is 1. The van der Waals surface area contributed by atoms with Crippen LogP contribution in [-0.4, -0.2) is 49.8 Å². The highest BCUT2D eigenvalue weighted by Crippen LogP contribution is 2.40. The number of ether oxygens (including phenoxy) is 3. The second-order valence-electron chi connectivity index (χ2n) is 7.87. The van der Waals surface area contributed by atoms with E-state index in [1.165, 1.54) is 11.3 Å². The number of rotatable bonds is 7. The first-order valence-corrected chi connectivity index (χ1v) is 11.4. The van der Waals surface area contributed by atoms with Gasteiger partial charge in [-0.1, -0.05) is 29.5 Å². The third-order valence-electron chi connectivity index (χ3n) is 5.20. The summed E-state index contributed by atoms with van der Waals surface area (Å²) in [6.07, 6.45) is 0. The van der Waals surface area contributed by atoms with E-state index in [0.717, 1.165) is 16.0 Å². The van der Waals surface area contributed by atoms with E-state index in [1.54, 1.807) is 17.0 Å². The van der Waals surface area contributed by atoms with Crippen LogP contribution in [0.15, 0.2) is 66.7 Å². The Morgan fingerprint density at radius 1 is 0.971 bits per heavy atom. The molecule has 4 aromatic rings. The molecule has 1 aromatic heterocycles. The fourth-order valence-corrected chi connectivity index (χ4v) is 4.45. The summed E-state index contributed by atoms with van der Waals surface area (Å²) in [6.45, 7) is 1.44. The van der Waals surface area contributed by atoms with E-state index in [9.17, 15) is 4.79 Å². The van der Waals surface area contributed by atoms with Gasteiger partial charge in [0.1, 0.15) is 11.5 Å². The van der Waals surface area contributed by atoms with Crippen LogP contribution in [-0.2, 0) is 0 Å². The second-order valence-corrected chi connectivity index (χ2v) is 8.88. The molecule has 5 rings (SSSR count). The molecule has 1 aliphatic heterocycles. The lowest BCUT2D eigenvalue weighted by Gasteiger charge is -2.22. The first kappa shape index (κ1) is 23.8. The fraction of sp³-hybridized carbons (Fsp3) is 0.200. The Balaban J connectivity index is 0.00000274. The van der Waals surface area contributed by atoms with Gasteiger partial charge in [0.05, 0.1) is 10.2 Å². The van der Waals surface area contributed by atoms with Crippen LogP contribution in [0.4, 0.5) is 5.13 Å². The van der Waals surface area contributed by atoms with Crippen LogP contribution in [0.2, 0.25) is 0 Å². The van der Waals surface area contributed by atoms with Gasteiger partial charge in [0.2, 0.25) is 6.79 Å². The number of aromatic nitrogens is 1. The summed E-state index contributed by atoms with van der Waals surface area (Å²) in [4.78, 5) is 22.0. The predicted molar refractivity (Wildman–Crippen MR) is 136 cm³/mol. The molecule has 0 saturated heterocycles. The summed E-state index contributed by atoms with van der Waals surface area (Å²) in [6, 6.07) is 20.5. The number of fused-ring (bicyclic) bond motifs is 2. The summed E-state index contributed by atoms with van der Waals surface area (Å²) in [5.41, 5.74) is 1.36. The molecule has 2 heterocycles. The molecule has 0 N–H and O–H groups in total. The van der Waals surface area contributed by atoms with Crippen molar-refractivity contribution in [1.82, 2.24) is 9.88 Å². The molecule has 1 aliphatic rings. The number of para-hydroxylation sites is 1. The minimum absolute atomic E-state index is 0. The number of likely N-dealkylation sites (N-methyl/N-ethyl adjacent to an activating group) is 1. The van der Waals surface area contributed by atoms with E-state index < -0.39 is 0 Å². The highest BCUT2D eigenvalue weighted by atomic mass is 35.5. The quantitative estimate of drug-likeness (QED) is 0.338. The molecular weight excluding hydrogens is 474 g/mol. The molecule has 0 unspecified atom stereocenters. The van der Waals surface area contributed by atoms with Crippen LogP contribution >= 0.6 is 23.7 Å². The third-order valence-corrected chi connectivity index (χ3v) is 6.24. The lowest BCUT2D eigenvalue weighted by Crippen LogP contribution is -2.36. The molecule has 0 radical (unpaired) electrons. The number of hydrogen-bond donors (Lipinski definition) is 0. The molecule has 0 atom stereocenters. The van der Waals surface area contributed by atoms with Crippen molar-refractivity contribution in [3.63, 3.8) is 0 Å². The third kappa shape index (κ3) is 5.09. The van der Waals surface area contributed by atoms with Gasteiger partial charge < -0.3 is 19.1 Å². The molecule has 0 spiro atoms. The average molecular weight is 498 g/mol. The molecule has 0 aliphatic carbocycles. The molecule has 0 saturated carbocycles. The maximum absolute atomic E-state index is 13.5. The lowest BCUT2D eigenvalue weighted by atomic mass is 10.2. The summed E-state index contributed by atoms with van der Waals surface area (Å²) in [7, 11) is 3.96. The molecule has 34 heavy (non-hydrogen) atoms. The normalized spacial score (nSPS) is 12.0. The molecule has 0 bridgehead atoms. The Morgan fingerprint density at radius 3 is 2.35 bits per heavy atom. The predicted octanol–water partition coefficient (Wildman–Crippen LogP) is 5.45. The number of amides is 1. The van der Waals surface area contributed by atoms with Gasteiger partial charge in [0.15, 0.2) is 16.6 Å². The number of nitrogens with zero attached hydrogens (tertiary/aromatic N) is 3. The van der Waals surface area contributed by atoms with Gasteiger partial charge in [0, 0.05) is 30.8 Å². The largest absolute Gasteiger partial charge is 0.457 e. The topological polar surface area (TPSA) is 64.1 Å². The van der Waals surface area contributed by atoms with E-state index >= 15 is 0 Å². The van der Waals surface area contributed by atoms with E-state index in [-0.39, 0.29) is 25.1 Å². The monoisotopic (exact) mass is 497 g/mol. The molecule has 1 amide bonds. The molecular formula is C25H24ClN3O4S. The van der Waals surface area contributed by atoms with Crippen molar-refractivity contribution in [2.24, 2.45) is 0 Å². The van der Waals surface area contributed by atoms with Crippen LogP contribution in [0.25, 0.3) is 10.2 Å². The van der Waals surface area contributed by atoms with E-state index in [1.807, 2.05) is 73.6 Å². The Hall–Kier alpha value is -3.33. The van der Waals surface area contributed by atoms with Crippen LogP contribution in [0.3, 0.4) is 0 Å². The Bertz CT molecular complexity index is 1240. The molecule has 9 heteroatoms. The fourth-order valence-electron chi connectivity index (χ4n) is 3.45. The molecule has 7 nitrogen and oxygen atoms in total. The minimum atomic E-state index is -0.109. The maximum Gasteiger partial charge on any atom is 0.260 e. The van der Waals surface area contributed by atoms with Crippen molar-refractivity contribution >= 4 is 45.0 Å². The summed E-state index contributed by atoms with van der Waals surface area (Å²) in [5.74, 6) is 2.70. The van der Waals surface area contributed by atoms with Gasteiger partial charge >= 0.3 is 0 Å². The number of hydrogen-bond acceptors (Lipinski definition) is 7. The van der Waals surface area contributed by atoms with Crippen LogP contribution in [0.5, 0.6) is 23.0 Å². The van der Waals surface area contributed by atoms with E-state index in [2.05, 4.69) is 0 Å². The van der Waals surface area contributed by atoms with E-state index in [0.29, 0.717) is 41.0 Å². The first-order valence-electron chi connectivity index (χ1n) is 10.6. The highest BCUT2D eigenvalue weighted by molar-refractivity contribution is 7.22. The van der Waals surface area contributed by atoms with Crippen molar-refractivity contribution in [2.45, 2.75) is 0 Å². The number of carbonyl (C=O) groups is 1. The van der Waals surface area contributed by atoms with Gasteiger partial charge in [0.25, 0.3) is 5.91 Å². The highest BCUT2D eigenvalue weighted by Gasteiger charge is 2.23. The summed E-state index contributed by atoms with van der Waals surface area (Å²) < 4.78 is 17.8. The number of anilines is 1. The Labute approximate surface area is 207 Å². The van der Waals surface area contributed by atoms with Crippen molar-refractivity contribution in [1.29, 1.82) is 0 Å². The smallest absolute Gasteiger partial charge is 0.260 e. The molecule has 176 valence electrons. The first-order chi connectivity index (χ1) is 16.1. The van der Waals surface area contributed by atoms with Gasteiger partial charge in [-0.2, -0.15) is 0 Å². The summed E-state index contributed by atoms with van der Waals surface area (Å²) >= 11 is 1.47. The van der Waals surface area contributed by atoms with Crippen molar-refractivity contribution in [3.05, 3.63) is 72.3 Å². The summed E-state index contributed by atoms with van der Waals surface area (Å²) in [5, 5.41) is 0.644. The van der Waals surface area contributed by atoms with Gasteiger partial charge in [-0.15, -0.1) is 12.4 Å². The number of carbonyl (C=O) groups excluding carboxylic acids is 1. The van der Waals surface area contributed by atoms with Gasteiger partial charge in [-0.25, -0.2) is 4.98 Å². The average Bonchev–Trinajstić information content (AvgIpc) is 3.44. The number of benzene rings is 3. The zero-order chi connectivity index (χ0) is 22.8. The Kier molecular flexibility index (Phi) is 7.21.